The summed E-state index contributed by atoms with van der Waals surface area (Å²) in [6, 6.07) is 4.15. The van der Waals surface area contributed by atoms with Crippen LogP contribution >= 0.6 is 11.3 Å². The van der Waals surface area contributed by atoms with Crippen LogP contribution in [0.15, 0.2) is 12.1 Å². The smallest absolute Gasteiger partial charge is 0.188 e. The van der Waals surface area contributed by atoms with Gasteiger partial charge in [-0.05, 0) is 19.1 Å². The molecule has 0 unspecified atom stereocenters. The van der Waals surface area contributed by atoms with Crippen molar-refractivity contribution in [2.45, 2.75) is 13.5 Å². The Bertz CT molecular complexity index is 280. The van der Waals surface area contributed by atoms with E-state index in [2.05, 4.69) is 19.1 Å². The first-order chi connectivity index (χ1) is 5.59. The highest BCUT2D eigenvalue weighted by atomic mass is 32.1. The largest absolute Gasteiger partial charge is 0.370 e. The number of nitrogens with two attached hydrogens (primary N) is 1. The van der Waals surface area contributed by atoms with Crippen molar-refractivity contribution in [3.05, 3.63) is 21.9 Å². The van der Waals surface area contributed by atoms with Gasteiger partial charge < -0.3 is 10.6 Å². The van der Waals surface area contributed by atoms with Gasteiger partial charge in [0.2, 0.25) is 0 Å². The summed E-state index contributed by atoms with van der Waals surface area (Å²) in [5.41, 5.74) is 5.30. The maximum Gasteiger partial charge on any atom is 0.188 e. The topological polar surface area (TPSA) is 53.1 Å². The average Bonchev–Trinajstić information content (AvgIpc) is 2.35. The lowest BCUT2D eigenvalue weighted by molar-refractivity contribution is 0.496. The Kier molecular flexibility index (Phi) is 2.70. The molecule has 0 aromatic carbocycles. The SMILES string of the molecule is Cc1ccc(CN(C)C(=N)N)s1. The zero-order chi connectivity index (χ0) is 9.14. The molecule has 0 bridgehead atoms. The zero-order valence-corrected chi connectivity index (χ0v) is 8.11. The van der Waals surface area contributed by atoms with Crippen LogP contribution in [0.5, 0.6) is 0 Å². The molecule has 1 aromatic heterocycles. The van der Waals surface area contributed by atoms with E-state index in [1.54, 1.807) is 16.2 Å². The first kappa shape index (κ1) is 9.06. The third-order valence-electron chi connectivity index (χ3n) is 1.60. The Balaban J connectivity index is 2.58. The molecular weight excluding hydrogens is 170 g/mol. The summed E-state index contributed by atoms with van der Waals surface area (Å²) in [6.45, 7) is 2.80. The van der Waals surface area contributed by atoms with Gasteiger partial charge >= 0.3 is 0 Å². The number of nitrogens with one attached hydrogen (secondary N) is 1. The molecule has 12 heavy (non-hydrogen) atoms. The van der Waals surface area contributed by atoms with Gasteiger partial charge in [-0.1, -0.05) is 0 Å². The highest BCUT2D eigenvalue weighted by Crippen LogP contribution is 2.16. The van der Waals surface area contributed by atoms with Crippen LogP contribution in [0.4, 0.5) is 0 Å². The number of hydrogen-bond acceptors (Lipinski definition) is 2. The van der Waals surface area contributed by atoms with Gasteiger partial charge in [-0.25, -0.2) is 0 Å². The summed E-state index contributed by atoms with van der Waals surface area (Å²) in [4.78, 5) is 4.25. The Hall–Kier alpha value is -1.03. The molecular formula is C8H13N3S. The summed E-state index contributed by atoms with van der Waals surface area (Å²) in [5, 5.41) is 7.16. The van der Waals surface area contributed by atoms with Crippen LogP contribution in [0.3, 0.4) is 0 Å². The molecule has 0 saturated heterocycles. The van der Waals surface area contributed by atoms with Crippen LogP contribution in [0.2, 0.25) is 0 Å². The van der Waals surface area contributed by atoms with E-state index in [1.807, 2.05) is 7.05 Å². The van der Waals surface area contributed by atoms with Gasteiger partial charge in [-0.15, -0.1) is 11.3 Å². The van der Waals surface area contributed by atoms with Crippen LogP contribution in [0, 0.1) is 12.3 Å². The van der Waals surface area contributed by atoms with Crippen LogP contribution < -0.4 is 5.73 Å². The fourth-order valence-corrected chi connectivity index (χ4v) is 1.83. The average molecular weight is 183 g/mol. The fourth-order valence-electron chi connectivity index (χ4n) is 0.889. The molecule has 1 heterocycles. The molecule has 3 nitrogen and oxygen atoms in total. The van der Waals surface area contributed by atoms with E-state index < -0.39 is 0 Å². The first-order valence-electron chi connectivity index (χ1n) is 3.70. The third kappa shape index (κ3) is 2.23. The van der Waals surface area contributed by atoms with Crippen LogP contribution in [0.1, 0.15) is 9.75 Å². The molecule has 3 N–H and O–H groups in total. The van der Waals surface area contributed by atoms with Crippen molar-refractivity contribution in [3.63, 3.8) is 0 Å². The van der Waals surface area contributed by atoms with Gasteiger partial charge in [0.15, 0.2) is 5.96 Å². The number of thiophene rings is 1. The molecule has 0 saturated carbocycles. The van der Waals surface area contributed by atoms with Gasteiger partial charge in [-0.2, -0.15) is 0 Å². The van der Waals surface area contributed by atoms with Crippen molar-refractivity contribution >= 4 is 17.3 Å². The molecule has 0 radical (unpaired) electrons. The molecule has 1 rings (SSSR count). The monoisotopic (exact) mass is 183 g/mol. The van der Waals surface area contributed by atoms with Gasteiger partial charge in [0, 0.05) is 16.8 Å². The normalized spacial score (nSPS) is 9.83. The predicted octanol–water partition coefficient (Wildman–Crippen LogP) is 1.38. The summed E-state index contributed by atoms with van der Waals surface area (Å²) in [5.74, 6) is 0.112. The van der Waals surface area contributed by atoms with Crippen molar-refractivity contribution in [1.29, 1.82) is 5.41 Å². The van der Waals surface area contributed by atoms with Gasteiger partial charge in [0.05, 0.1) is 6.54 Å². The van der Waals surface area contributed by atoms with E-state index >= 15 is 0 Å². The van der Waals surface area contributed by atoms with E-state index in [1.165, 1.54) is 9.75 Å². The standard InChI is InChI=1S/C8H13N3S/c1-6-3-4-7(12-6)5-11(2)8(9)10/h3-4H,5H2,1-2H3,(H3,9,10). The summed E-state index contributed by atoms with van der Waals surface area (Å²) < 4.78 is 0. The van der Waals surface area contributed by atoms with Crippen LogP contribution in [-0.2, 0) is 6.54 Å². The van der Waals surface area contributed by atoms with E-state index in [-0.39, 0.29) is 5.96 Å². The predicted molar refractivity (Wildman–Crippen MR) is 52.4 cm³/mol. The molecule has 0 atom stereocenters. The number of rotatable bonds is 2. The lowest BCUT2D eigenvalue weighted by Crippen LogP contribution is -2.31. The zero-order valence-electron chi connectivity index (χ0n) is 7.29. The summed E-state index contributed by atoms with van der Waals surface area (Å²) >= 11 is 1.74. The Labute approximate surface area is 76.3 Å². The lowest BCUT2D eigenvalue weighted by atomic mass is 10.4. The maximum absolute atomic E-state index is 7.16. The second kappa shape index (κ2) is 3.58. The van der Waals surface area contributed by atoms with Gasteiger partial charge in [0.25, 0.3) is 0 Å². The van der Waals surface area contributed by atoms with Crippen molar-refractivity contribution in [3.8, 4) is 0 Å². The first-order valence-corrected chi connectivity index (χ1v) is 4.51. The fraction of sp³-hybridized carbons (Fsp3) is 0.375. The molecule has 0 amide bonds. The number of hydrogen-bond donors (Lipinski definition) is 2. The highest BCUT2D eigenvalue weighted by molar-refractivity contribution is 7.11. The second-order valence-corrected chi connectivity index (χ2v) is 4.13. The minimum absolute atomic E-state index is 0.112. The Morgan fingerprint density at radius 2 is 2.33 bits per heavy atom. The number of aryl methyl sites for hydroxylation is 1. The lowest BCUT2D eigenvalue weighted by Gasteiger charge is -2.14. The molecule has 0 aliphatic carbocycles. The maximum atomic E-state index is 7.16. The van der Waals surface area contributed by atoms with Crippen LogP contribution in [-0.4, -0.2) is 17.9 Å². The summed E-state index contributed by atoms with van der Waals surface area (Å²) in [7, 11) is 1.82. The van der Waals surface area contributed by atoms with E-state index in [4.69, 9.17) is 11.1 Å². The van der Waals surface area contributed by atoms with E-state index in [0.717, 1.165) is 6.54 Å². The Morgan fingerprint density at radius 1 is 1.67 bits per heavy atom. The second-order valence-electron chi connectivity index (χ2n) is 2.75. The molecule has 4 heteroatoms. The van der Waals surface area contributed by atoms with Gasteiger partial charge in [0.1, 0.15) is 0 Å². The van der Waals surface area contributed by atoms with Crippen molar-refractivity contribution < 1.29 is 0 Å². The van der Waals surface area contributed by atoms with Crippen molar-refractivity contribution in [1.82, 2.24) is 4.90 Å². The van der Waals surface area contributed by atoms with Gasteiger partial charge in [-0.3, -0.25) is 5.41 Å². The Morgan fingerprint density at radius 3 is 2.75 bits per heavy atom. The van der Waals surface area contributed by atoms with E-state index in [0.29, 0.717) is 0 Å². The van der Waals surface area contributed by atoms with Crippen LogP contribution in [0.25, 0.3) is 0 Å². The molecule has 0 fully saturated rings. The molecule has 0 spiro atoms. The minimum Gasteiger partial charge on any atom is -0.370 e. The summed E-state index contributed by atoms with van der Waals surface area (Å²) in [6.07, 6.45) is 0. The quantitative estimate of drug-likeness (QED) is 0.537. The third-order valence-corrected chi connectivity index (χ3v) is 2.59. The molecule has 1 aromatic rings. The van der Waals surface area contributed by atoms with Crippen molar-refractivity contribution in [2.75, 3.05) is 7.05 Å². The number of guanidine groups is 1. The molecule has 66 valence electrons. The minimum atomic E-state index is 0.112. The highest BCUT2D eigenvalue weighted by Gasteiger charge is 2.02. The van der Waals surface area contributed by atoms with Crippen molar-refractivity contribution in [2.24, 2.45) is 5.73 Å². The molecule has 0 aliphatic heterocycles. The number of nitrogens with zero attached hydrogens (tertiary/aromatic N) is 1. The van der Waals surface area contributed by atoms with E-state index in [9.17, 15) is 0 Å². The molecule has 0 aliphatic rings.